The molecule has 0 bridgehead atoms. The lowest BCUT2D eigenvalue weighted by molar-refractivity contribution is 0.0514. The predicted octanol–water partition coefficient (Wildman–Crippen LogP) is 2.89. The molecule has 2 amide bonds. The van der Waals surface area contributed by atoms with Crippen LogP contribution in [0.3, 0.4) is 0 Å². The molecule has 0 unspecified atom stereocenters. The number of alkyl carbamates (subject to hydrolysis) is 1. The number of fused-ring (bicyclic) bond motifs is 1. The molecule has 0 fully saturated rings. The summed E-state index contributed by atoms with van der Waals surface area (Å²) >= 11 is 0. The van der Waals surface area contributed by atoms with E-state index in [0.29, 0.717) is 18.7 Å². The van der Waals surface area contributed by atoms with Gasteiger partial charge in [-0.2, -0.15) is 0 Å². The maximum absolute atomic E-state index is 12.3. The second-order valence-corrected chi connectivity index (χ2v) is 6.33. The number of hydrogen-bond donors (Lipinski definition) is 2. The number of aromatic carboxylic acids is 1. The van der Waals surface area contributed by atoms with E-state index in [1.165, 1.54) is 12.1 Å². The second-order valence-electron chi connectivity index (χ2n) is 6.33. The van der Waals surface area contributed by atoms with E-state index in [0.717, 1.165) is 5.56 Å². The molecule has 1 aliphatic heterocycles. The Bertz CT molecular complexity index is 649. The van der Waals surface area contributed by atoms with Crippen molar-refractivity contribution >= 4 is 18.0 Å². The summed E-state index contributed by atoms with van der Waals surface area (Å²) in [6.45, 7) is 10.3. The number of carbonyl (C=O) groups is 3. The van der Waals surface area contributed by atoms with Gasteiger partial charge in [0.2, 0.25) is 0 Å². The Morgan fingerprint density at radius 3 is 2.48 bits per heavy atom. The number of carboxylic acids is 1. The standard InChI is InChI=1S/C16H20N2O5.C2H6/c1-16(2,3)23-15(22)17-6-7-18-9-11-5-4-10(14(20)21)8-12(11)13(18)19;1-2/h4-5,8H,6-7,9H2,1-3H3,(H,17,22)(H,20,21);1-2H3. The van der Waals surface area contributed by atoms with E-state index in [1.54, 1.807) is 31.7 Å². The molecular formula is C18H26N2O5. The van der Waals surface area contributed by atoms with Crippen LogP contribution in [0.4, 0.5) is 4.79 Å². The monoisotopic (exact) mass is 350 g/mol. The van der Waals surface area contributed by atoms with Crippen LogP contribution in [0.25, 0.3) is 0 Å². The first-order chi connectivity index (χ1) is 11.7. The average Bonchev–Trinajstić information content (AvgIpc) is 2.83. The molecule has 0 saturated heterocycles. The molecule has 0 radical (unpaired) electrons. The number of carbonyl (C=O) groups excluding carboxylic acids is 2. The van der Waals surface area contributed by atoms with E-state index < -0.39 is 17.7 Å². The molecule has 25 heavy (non-hydrogen) atoms. The Morgan fingerprint density at radius 2 is 1.92 bits per heavy atom. The molecular weight excluding hydrogens is 324 g/mol. The summed E-state index contributed by atoms with van der Waals surface area (Å²) in [5, 5.41) is 11.6. The zero-order valence-electron chi connectivity index (χ0n) is 15.4. The van der Waals surface area contributed by atoms with Gasteiger partial charge in [0, 0.05) is 25.2 Å². The lowest BCUT2D eigenvalue weighted by Gasteiger charge is -2.21. The van der Waals surface area contributed by atoms with Gasteiger partial charge in [-0.05, 0) is 38.5 Å². The van der Waals surface area contributed by atoms with Crippen LogP contribution in [0.15, 0.2) is 18.2 Å². The minimum absolute atomic E-state index is 0.0887. The van der Waals surface area contributed by atoms with E-state index in [-0.39, 0.29) is 18.0 Å². The van der Waals surface area contributed by atoms with Crippen molar-refractivity contribution < 1.29 is 24.2 Å². The Hall–Kier alpha value is -2.57. The molecule has 0 aromatic heterocycles. The average molecular weight is 350 g/mol. The highest BCUT2D eigenvalue weighted by Crippen LogP contribution is 2.23. The highest BCUT2D eigenvalue weighted by atomic mass is 16.6. The molecule has 0 saturated carbocycles. The topological polar surface area (TPSA) is 95.9 Å². The molecule has 7 nitrogen and oxygen atoms in total. The molecule has 1 aromatic rings. The number of ether oxygens (including phenoxy) is 1. The summed E-state index contributed by atoms with van der Waals surface area (Å²) in [4.78, 5) is 36.3. The van der Waals surface area contributed by atoms with Crippen molar-refractivity contribution in [3.63, 3.8) is 0 Å². The fraction of sp³-hybridized carbons (Fsp3) is 0.500. The van der Waals surface area contributed by atoms with Crippen LogP contribution in [0.5, 0.6) is 0 Å². The summed E-state index contributed by atoms with van der Waals surface area (Å²) in [5.41, 5.74) is 0.710. The zero-order valence-corrected chi connectivity index (χ0v) is 15.4. The first-order valence-corrected chi connectivity index (χ1v) is 8.30. The van der Waals surface area contributed by atoms with Gasteiger partial charge in [-0.3, -0.25) is 4.79 Å². The fourth-order valence-corrected chi connectivity index (χ4v) is 2.28. The zero-order chi connectivity index (χ0) is 19.2. The number of amides is 2. The Labute approximate surface area is 148 Å². The third-order valence-corrected chi connectivity index (χ3v) is 3.29. The van der Waals surface area contributed by atoms with Crippen molar-refractivity contribution in [3.05, 3.63) is 34.9 Å². The Morgan fingerprint density at radius 1 is 1.28 bits per heavy atom. The Balaban J connectivity index is 0.00000151. The number of rotatable bonds is 4. The summed E-state index contributed by atoms with van der Waals surface area (Å²) in [6, 6.07) is 4.52. The van der Waals surface area contributed by atoms with E-state index in [2.05, 4.69) is 5.32 Å². The van der Waals surface area contributed by atoms with Crippen LogP contribution in [0, 0.1) is 0 Å². The smallest absolute Gasteiger partial charge is 0.407 e. The number of nitrogens with zero attached hydrogens (tertiary/aromatic N) is 1. The van der Waals surface area contributed by atoms with Gasteiger partial charge in [-0.1, -0.05) is 19.9 Å². The first-order valence-electron chi connectivity index (χ1n) is 8.30. The summed E-state index contributed by atoms with van der Waals surface area (Å²) < 4.78 is 5.11. The van der Waals surface area contributed by atoms with Crippen LogP contribution in [0.1, 0.15) is 60.9 Å². The van der Waals surface area contributed by atoms with Crippen molar-refractivity contribution in [2.24, 2.45) is 0 Å². The van der Waals surface area contributed by atoms with Gasteiger partial charge in [0.1, 0.15) is 5.60 Å². The minimum atomic E-state index is -1.06. The van der Waals surface area contributed by atoms with Gasteiger partial charge in [-0.25, -0.2) is 9.59 Å². The summed E-state index contributed by atoms with van der Waals surface area (Å²) in [6.07, 6.45) is -0.533. The lowest BCUT2D eigenvalue weighted by Crippen LogP contribution is -2.38. The van der Waals surface area contributed by atoms with Gasteiger partial charge < -0.3 is 20.1 Å². The fourth-order valence-electron chi connectivity index (χ4n) is 2.28. The van der Waals surface area contributed by atoms with Crippen LogP contribution in [-0.4, -0.2) is 46.7 Å². The highest BCUT2D eigenvalue weighted by Gasteiger charge is 2.28. The van der Waals surface area contributed by atoms with Gasteiger partial charge in [0.25, 0.3) is 5.91 Å². The molecule has 2 N–H and O–H groups in total. The maximum Gasteiger partial charge on any atom is 0.407 e. The normalized spacial score (nSPS) is 12.8. The number of nitrogens with one attached hydrogen (secondary N) is 1. The predicted molar refractivity (Wildman–Crippen MR) is 93.7 cm³/mol. The van der Waals surface area contributed by atoms with Crippen LogP contribution in [0.2, 0.25) is 0 Å². The molecule has 1 aliphatic rings. The molecule has 1 heterocycles. The molecule has 1 aromatic carbocycles. The molecule has 0 spiro atoms. The van der Waals surface area contributed by atoms with Crippen molar-refractivity contribution in [3.8, 4) is 0 Å². The first kappa shape index (κ1) is 20.5. The van der Waals surface area contributed by atoms with Crippen molar-refractivity contribution in [2.75, 3.05) is 13.1 Å². The third kappa shape index (κ3) is 5.77. The van der Waals surface area contributed by atoms with Crippen molar-refractivity contribution in [1.82, 2.24) is 10.2 Å². The van der Waals surface area contributed by atoms with E-state index >= 15 is 0 Å². The number of hydrogen-bond acceptors (Lipinski definition) is 4. The van der Waals surface area contributed by atoms with Gasteiger partial charge in [0.15, 0.2) is 0 Å². The van der Waals surface area contributed by atoms with Crippen LogP contribution in [-0.2, 0) is 11.3 Å². The van der Waals surface area contributed by atoms with Crippen molar-refractivity contribution in [1.29, 1.82) is 0 Å². The molecule has 0 aliphatic carbocycles. The molecule has 138 valence electrons. The number of carboxylic acid groups (broad SMARTS) is 1. The summed E-state index contributed by atoms with van der Waals surface area (Å²) in [5.74, 6) is -1.29. The highest BCUT2D eigenvalue weighted by molar-refractivity contribution is 6.00. The maximum atomic E-state index is 12.3. The van der Waals surface area contributed by atoms with E-state index in [9.17, 15) is 14.4 Å². The van der Waals surface area contributed by atoms with Gasteiger partial charge in [-0.15, -0.1) is 0 Å². The van der Waals surface area contributed by atoms with E-state index in [4.69, 9.17) is 9.84 Å². The van der Waals surface area contributed by atoms with Gasteiger partial charge >= 0.3 is 12.1 Å². The second kappa shape index (κ2) is 8.50. The molecule has 7 heteroatoms. The quantitative estimate of drug-likeness (QED) is 0.870. The minimum Gasteiger partial charge on any atom is -0.478 e. The van der Waals surface area contributed by atoms with Crippen LogP contribution >= 0.6 is 0 Å². The lowest BCUT2D eigenvalue weighted by atomic mass is 10.1. The summed E-state index contributed by atoms with van der Waals surface area (Å²) in [7, 11) is 0. The van der Waals surface area contributed by atoms with Gasteiger partial charge in [0.05, 0.1) is 5.56 Å². The largest absolute Gasteiger partial charge is 0.478 e. The SMILES string of the molecule is CC.CC(C)(C)OC(=O)NCCN1Cc2ccc(C(=O)O)cc2C1=O. The van der Waals surface area contributed by atoms with Crippen molar-refractivity contribution in [2.45, 2.75) is 46.8 Å². The van der Waals surface area contributed by atoms with E-state index in [1.807, 2.05) is 13.8 Å². The Kier molecular flexibility index (Phi) is 6.97. The van der Waals surface area contributed by atoms with Crippen LogP contribution < -0.4 is 5.32 Å². The third-order valence-electron chi connectivity index (χ3n) is 3.29. The molecule has 2 rings (SSSR count). The molecule has 0 atom stereocenters. The number of benzene rings is 1.